The van der Waals surface area contributed by atoms with Crippen LogP contribution in [-0.4, -0.2) is 15.3 Å². The molecule has 2 heterocycles. The summed E-state index contributed by atoms with van der Waals surface area (Å²) in [6.45, 7) is 4.07. The summed E-state index contributed by atoms with van der Waals surface area (Å²) in [4.78, 5) is 15.5. The molecule has 0 saturated carbocycles. The van der Waals surface area contributed by atoms with Gasteiger partial charge in [-0.15, -0.1) is 0 Å². The van der Waals surface area contributed by atoms with E-state index in [0.717, 1.165) is 11.3 Å². The van der Waals surface area contributed by atoms with Crippen LogP contribution in [0.4, 0.5) is 0 Å². The topological polar surface area (TPSA) is 60.4 Å². The summed E-state index contributed by atoms with van der Waals surface area (Å²) in [5, 5.41) is 0. The van der Waals surface area contributed by atoms with E-state index in [0.29, 0.717) is 5.69 Å². The van der Waals surface area contributed by atoms with E-state index in [1.807, 2.05) is 42.6 Å². The van der Waals surface area contributed by atoms with Crippen LogP contribution in [0.5, 0.6) is 0 Å². The number of nitrogens with two attached hydrogens (primary N) is 1. The maximum Gasteiger partial charge on any atom is 0.269 e. The minimum absolute atomic E-state index is 0.257. The zero-order valence-electron chi connectivity index (χ0n) is 8.77. The summed E-state index contributed by atoms with van der Waals surface area (Å²) in [7, 11) is 0. The Morgan fingerprint density at radius 1 is 1.47 bits per heavy atom. The summed E-state index contributed by atoms with van der Waals surface area (Å²) < 4.78 is 1.91. The number of carbonyl (C=O) groups is 1. The van der Waals surface area contributed by atoms with Crippen molar-refractivity contribution >= 4 is 11.4 Å². The fourth-order valence-corrected chi connectivity index (χ4v) is 1.65. The van der Waals surface area contributed by atoms with Crippen molar-refractivity contribution in [2.24, 2.45) is 5.73 Å². The molecule has 0 saturated heterocycles. The van der Waals surface area contributed by atoms with Gasteiger partial charge in [0.15, 0.2) is 5.69 Å². The molecule has 2 N–H and O–H groups in total. The number of imidazole rings is 1. The molecule has 0 aliphatic heterocycles. The van der Waals surface area contributed by atoms with E-state index in [1.165, 1.54) is 0 Å². The number of hydrogen-bond acceptors (Lipinski definition) is 2. The van der Waals surface area contributed by atoms with Crippen molar-refractivity contribution in [1.82, 2.24) is 9.38 Å². The Morgan fingerprint density at radius 3 is 2.80 bits per heavy atom. The summed E-state index contributed by atoms with van der Waals surface area (Å²) in [5.41, 5.74) is 6.40. The maximum atomic E-state index is 11.2. The van der Waals surface area contributed by atoms with Gasteiger partial charge >= 0.3 is 0 Å². The molecule has 0 spiro atoms. The molecule has 0 atom stereocenters. The van der Waals surface area contributed by atoms with Crippen LogP contribution in [0.3, 0.4) is 0 Å². The molecule has 1 amide bonds. The minimum Gasteiger partial charge on any atom is -0.364 e. The quantitative estimate of drug-likeness (QED) is 0.805. The SMILES string of the molecule is CC(C)c1nc(C(N)=O)c2ccccn12. The predicted molar refractivity (Wildman–Crippen MR) is 57.8 cm³/mol. The van der Waals surface area contributed by atoms with Gasteiger partial charge in [0.05, 0.1) is 5.52 Å². The largest absolute Gasteiger partial charge is 0.364 e. The molecule has 0 fully saturated rings. The lowest BCUT2D eigenvalue weighted by molar-refractivity contribution is 0.0997. The third-order valence-corrected chi connectivity index (χ3v) is 2.33. The second kappa shape index (κ2) is 3.38. The standard InChI is InChI=1S/C11H13N3O/c1-7(2)11-13-9(10(12)15)8-5-3-4-6-14(8)11/h3-7H,1-2H3,(H2,12,15). The highest BCUT2D eigenvalue weighted by molar-refractivity contribution is 5.97. The summed E-state index contributed by atoms with van der Waals surface area (Å²) >= 11 is 0. The van der Waals surface area contributed by atoms with Gasteiger partial charge in [0, 0.05) is 12.1 Å². The van der Waals surface area contributed by atoms with Crippen LogP contribution >= 0.6 is 0 Å². The third-order valence-electron chi connectivity index (χ3n) is 2.33. The van der Waals surface area contributed by atoms with Crippen molar-refractivity contribution in [2.75, 3.05) is 0 Å². The number of pyridine rings is 1. The first-order chi connectivity index (χ1) is 7.11. The molecule has 78 valence electrons. The molecule has 0 aromatic carbocycles. The van der Waals surface area contributed by atoms with Crippen LogP contribution < -0.4 is 5.73 Å². The Kier molecular flexibility index (Phi) is 2.19. The van der Waals surface area contributed by atoms with Crippen molar-refractivity contribution in [3.05, 3.63) is 35.9 Å². The average Bonchev–Trinajstić information content (AvgIpc) is 2.56. The lowest BCUT2D eigenvalue weighted by Gasteiger charge is -2.02. The first-order valence-electron chi connectivity index (χ1n) is 4.88. The Bertz CT molecular complexity index is 514. The number of amides is 1. The van der Waals surface area contributed by atoms with Gasteiger partial charge in [-0.1, -0.05) is 19.9 Å². The van der Waals surface area contributed by atoms with Crippen molar-refractivity contribution < 1.29 is 4.79 Å². The average molecular weight is 203 g/mol. The van der Waals surface area contributed by atoms with E-state index in [2.05, 4.69) is 4.98 Å². The Morgan fingerprint density at radius 2 is 2.20 bits per heavy atom. The minimum atomic E-state index is -0.481. The highest BCUT2D eigenvalue weighted by Crippen LogP contribution is 2.18. The van der Waals surface area contributed by atoms with Crippen LogP contribution in [-0.2, 0) is 0 Å². The van der Waals surface area contributed by atoms with Crippen molar-refractivity contribution in [3.8, 4) is 0 Å². The van der Waals surface area contributed by atoms with Crippen molar-refractivity contribution in [3.63, 3.8) is 0 Å². The molecule has 15 heavy (non-hydrogen) atoms. The molecular formula is C11H13N3O. The molecule has 0 aliphatic rings. The maximum absolute atomic E-state index is 11.2. The molecule has 2 rings (SSSR count). The highest BCUT2D eigenvalue weighted by Gasteiger charge is 2.15. The molecule has 0 aliphatic carbocycles. The number of hydrogen-bond donors (Lipinski definition) is 1. The molecule has 0 bridgehead atoms. The normalized spacial score (nSPS) is 11.1. The van der Waals surface area contributed by atoms with E-state index in [-0.39, 0.29) is 5.92 Å². The van der Waals surface area contributed by atoms with Gasteiger partial charge in [-0.05, 0) is 12.1 Å². The van der Waals surface area contributed by atoms with Gasteiger partial charge in [-0.25, -0.2) is 4.98 Å². The highest BCUT2D eigenvalue weighted by atomic mass is 16.1. The van der Waals surface area contributed by atoms with Crippen LogP contribution in [0.25, 0.3) is 5.52 Å². The van der Waals surface area contributed by atoms with E-state index in [1.54, 1.807) is 0 Å². The molecule has 0 unspecified atom stereocenters. The van der Waals surface area contributed by atoms with E-state index >= 15 is 0 Å². The Balaban J connectivity index is 2.79. The van der Waals surface area contributed by atoms with Gasteiger partial charge in [0.2, 0.25) is 0 Å². The van der Waals surface area contributed by atoms with E-state index < -0.39 is 5.91 Å². The van der Waals surface area contributed by atoms with Gasteiger partial charge < -0.3 is 10.1 Å². The lowest BCUT2D eigenvalue weighted by Crippen LogP contribution is -2.11. The zero-order valence-corrected chi connectivity index (χ0v) is 8.77. The summed E-state index contributed by atoms with van der Waals surface area (Å²) in [5.74, 6) is 0.637. The first-order valence-corrected chi connectivity index (χ1v) is 4.88. The monoisotopic (exact) mass is 203 g/mol. The van der Waals surface area contributed by atoms with Crippen LogP contribution in [0.2, 0.25) is 0 Å². The Labute approximate surface area is 87.7 Å². The molecule has 4 heteroatoms. The van der Waals surface area contributed by atoms with Gasteiger partial charge in [-0.3, -0.25) is 4.79 Å². The van der Waals surface area contributed by atoms with Crippen molar-refractivity contribution in [2.45, 2.75) is 19.8 Å². The number of carbonyl (C=O) groups excluding carboxylic acids is 1. The fourth-order valence-electron chi connectivity index (χ4n) is 1.65. The molecule has 0 radical (unpaired) electrons. The number of primary amides is 1. The first kappa shape index (κ1) is 9.71. The van der Waals surface area contributed by atoms with Crippen LogP contribution in [0, 0.1) is 0 Å². The van der Waals surface area contributed by atoms with Crippen molar-refractivity contribution in [1.29, 1.82) is 0 Å². The summed E-state index contributed by atoms with van der Waals surface area (Å²) in [6.07, 6.45) is 1.89. The smallest absolute Gasteiger partial charge is 0.269 e. The van der Waals surface area contributed by atoms with Gasteiger partial charge in [0.25, 0.3) is 5.91 Å². The molecule has 4 nitrogen and oxygen atoms in total. The zero-order chi connectivity index (χ0) is 11.0. The second-order valence-corrected chi connectivity index (χ2v) is 3.79. The van der Waals surface area contributed by atoms with Gasteiger partial charge in [0.1, 0.15) is 5.82 Å². The van der Waals surface area contributed by atoms with Gasteiger partial charge in [-0.2, -0.15) is 0 Å². The number of nitrogens with zero attached hydrogens (tertiary/aromatic N) is 2. The third kappa shape index (κ3) is 1.48. The van der Waals surface area contributed by atoms with Crippen LogP contribution in [0.15, 0.2) is 24.4 Å². The molecule has 2 aromatic rings. The second-order valence-electron chi connectivity index (χ2n) is 3.79. The van der Waals surface area contributed by atoms with E-state index in [9.17, 15) is 4.79 Å². The van der Waals surface area contributed by atoms with Crippen LogP contribution in [0.1, 0.15) is 36.1 Å². The predicted octanol–water partition coefficient (Wildman–Crippen LogP) is 1.56. The lowest BCUT2D eigenvalue weighted by atomic mass is 10.2. The molecular weight excluding hydrogens is 190 g/mol. The number of rotatable bonds is 2. The number of aromatic nitrogens is 2. The molecule has 2 aromatic heterocycles. The number of fused-ring (bicyclic) bond motifs is 1. The van der Waals surface area contributed by atoms with E-state index in [4.69, 9.17) is 5.73 Å². The Hall–Kier alpha value is -1.84. The summed E-state index contributed by atoms with van der Waals surface area (Å²) in [6, 6.07) is 5.62. The fraction of sp³-hybridized carbons (Fsp3) is 0.273.